The average Bonchev–Trinajstić information content (AvgIpc) is 2.85. The summed E-state index contributed by atoms with van der Waals surface area (Å²) in [5.74, 6) is 0.258. The van der Waals surface area contributed by atoms with Crippen molar-refractivity contribution in [2.75, 3.05) is 18.8 Å². The van der Waals surface area contributed by atoms with Crippen LogP contribution in [0.2, 0.25) is 0 Å². The van der Waals surface area contributed by atoms with Crippen molar-refractivity contribution in [3.05, 3.63) is 23.8 Å². The van der Waals surface area contributed by atoms with E-state index in [4.69, 9.17) is 5.73 Å². The predicted molar refractivity (Wildman–Crippen MR) is 76.7 cm³/mol. The number of hydrogen-bond acceptors (Lipinski definition) is 3. The van der Waals surface area contributed by atoms with Gasteiger partial charge in [0, 0.05) is 23.7 Å². The Morgan fingerprint density at radius 1 is 1.39 bits per heavy atom. The van der Waals surface area contributed by atoms with Crippen molar-refractivity contribution in [1.82, 2.24) is 4.90 Å². The van der Waals surface area contributed by atoms with Gasteiger partial charge in [0.05, 0.1) is 5.25 Å². The van der Waals surface area contributed by atoms with E-state index in [-0.39, 0.29) is 11.2 Å². The molecule has 2 rings (SSSR count). The third-order valence-electron chi connectivity index (χ3n) is 3.27. The zero-order valence-corrected chi connectivity index (χ0v) is 11.8. The number of nitrogens with zero attached hydrogens (tertiary/aromatic N) is 1. The van der Waals surface area contributed by atoms with Crippen molar-refractivity contribution in [1.29, 1.82) is 0 Å². The molecule has 0 bridgehead atoms. The molecule has 3 nitrogen and oxygen atoms in total. The Hall–Kier alpha value is -1.16. The molecule has 0 spiro atoms. The van der Waals surface area contributed by atoms with E-state index in [2.05, 4.69) is 0 Å². The van der Waals surface area contributed by atoms with Gasteiger partial charge in [-0.15, -0.1) is 11.8 Å². The van der Waals surface area contributed by atoms with E-state index in [1.807, 2.05) is 36.9 Å². The molecule has 1 aliphatic rings. The summed E-state index contributed by atoms with van der Waals surface area (Å²) in [6, 6.07) is 5.85. The van der Waals surface area contributed by atoms with E-state index in [0.29, 0.717) is 0 Å². The molecule has 0 saturated carbocycles. The zero-order chi connectivity index (χ0) is 13.1. The van der Waals surface area contributed by atoms with Crippen molar-refractivity contribution in [2.45, 2.75) is 36.8 Å². The number of rotatable bonds is 3. The molecule has 0 aliphatic carbocycles. The zero-order valence-electron chi connectivity index (χ0n) is 11.0. The molecule has 1 aromatic carbocycles. The molecule has 1 saturated heterocycles. The summed E-state index contributed by atoms with van der Waals surface area (Å²) >= 11 is 1.63. The van der Waals surface area contributed by atoms with Crippen molar-refractivity contribution in [3.63, 3.8) is 0 Å². The summed E-state index contributed by atoms with van der Waals surface area (Å²) in [7, 11) is 0. The third kappa shape index (κ3) is 2.99. The largest absolute Gasteiger partial charge is 0.399 e. The van der Waals surface area contributed by atoms with Crippen molar-refractivity contribution < 1.29 is 4.79 Å². The Morgan fingerprint density at radius 3 is 2.67 bits per heavy atom. The minimum absolute atomic E-state index is 0.0228. The van der Waals surface area contributed by atoms with Crippen LogP contribution in [-0.4, -0.2) is 29.1 Å². The lowest BCUT2D eigenvalue weighted by Gasteiger charge is -2.20. The van der Waals surface area contributed by atoms with Crippen molar-refractivity contribution in [3.8, 4) is 0 Å². The topological polar surface area (TPSA) is 46.3 Å². The second-order valence-electron chi connectivity index (χ2n) is 4.82. The first-order chi connectivity index (χ1) is 8.58. The summed E-state index contributed by atoms with van der Waals surface area (Å²) < 4.78 is 0. The highest BCUT2D eigenvalue weighted by Gasteiger charge is 2.24. The second kappa shape index (κ2) is 5.65. The van der Waals surface area contributed by atoms with Gasteiger partial charge in [-0.1, -0.05) is 0 Å². The first-order valence-corrected chi connectivity index (χ1v) is 7.27. The van der Waals surface area contributed by atoms with Crippen LogP contribution in [0.25, 0.3) is 0 Å². The van der Waals surface area contributed by atoms with Gasteiger partial charge in [0.25, 0.3) is 0 Å². The Balaban J connectivity index is 2.01. The van der Waals surface area contributed by atoms with Crippen LogP contribution in [0.15, 0.2) is 23.1 Å². The first kappa shape index (κ1) is 13.3. The molecule has 18 heavy (non-hydrogen) atoms. The number of nitrogen functional groups attached to an aromatic ring is 1. The monoisotopic (exact) mass is 264 g/mol. The fraction of sp³-hybridized carbons (Fsp3) is 0.500. The standard InChI is InChI=1S/C14H20N2OS/c1-10-9-12(15)5-6-13(10)18-11(2)14(17)16-7-3-4-8-16/h5-6,9,11H,3-4,7-8,15H2,1-2H3. The third-order valence-corrected chi connectivity index (χ3v) is 4.54. The molecule has 1 heterocycles. The first-order valence-electron chi connectivity index (χ1n) is 6.39. The molecule has 0 radical (unpaired) electrons. The summed E-state index contributed by atoms with van der Waals surface area (Å²) in [4.78, 5) is 15.3. The highest BCUT2D eigenvalue weighted by Crippen LogP contribution is 2.29. The van der Waals surface area contributed by atoms with E-state index < -0.39 is 0 Å². The summed E-state index contributed by atoms with van der Waals surface area (Å²) in [5.41, 5.74) is 7.65. The Bertz CT molecular complexity index is 441. The lowest BCUT2D eigenvalue weighted by Crippen LogP contribution is -2.34. The van der Waals surface area contributed by atoms with Crippen LogP contribution in [0, 0.1) is 6.92 Å². The van der Waals surface area contributed by atoms with Gasteiger partial charge in [0.1, 0.15) is 0 Å². The lowest BCUT2D eigenvalue weighted by atomic mass is 10.2. The molecule has 4 heteroatoms. The fourth-order valence-electron chi connectivity index (χ4n) is 2.24. The van der Waals surface area contributed by atoms with Gasteiger partial charge in [-0.3, -0.25) is 4.79 Å². The molecule has 98 valence electrons. The van der Waals surface area contributed by atoms with Crippen molar-refractivity contribution >= 4 is 23.4 Å². The second-order valence-corrected chi connectivity index (χ2v) is 6.20. The van der Waals surface area contributed by atoms with Crippen LogP contribution >= 0.6 is 11.8 Å². The predicted octanol–water partition coefficient (Wildman–Crippen LogP) is 2.68. The summed E-state index contributed by atoms with van der Waals surface area (Å²) in [6.07, 6.45) is 2.29. The highest BCUT2D eigenvalue weighted by molar-refractivity contribution is 8.00. The Morgan fingerprint density at radius 2 is 2.06 bits per heavy atom. The maximum absolute atomic E-state index is 12.2. The quantitative estimate of drug-likeness (QED) is 0.674. The fourth-order valence-corrected chi connectivity index (χ4v) is 3.26. The molecule has 1 fully saturated rings. The number of benzene rings is 1. The van der Waals surface area contributed by atoms with E-state index >= 15 is 0 Å². The lowest BCUT2D eigenvalue weighted by molar-refractivity contribution is -0.129. The van der Waals surface area contributed by atoms with Crippen LogP contribution in [0.1, 0.15) is 25.3 Å². The maximum atomic E-state index is 12.2. The van der Waals surface area contributed by atoms with E-state index in [9.17, 15) is 4.79 Å². The van der Waals surface area contributed by atoms with Gasteiger partial charge < -0.3 is 10.6 Å². The maximum Gasteiger partial charge on any atom is 0.235 e. The number of carbonyl (C=O) groups excluding carboxylic acids is 1. The van der Waals surface area contributed by atoms with Gasteiger partial charge >= 0.3 is 0 Å². The van der Waals surface area contributed by atoms with Crippen LogP contribution in [0.4, 0.5) is 5.69 Å². The molecule has 1 atom stereocenters. The molecule has 2 N–H and O–H groups in total. The number of anilines is 1. The minimum Gasteiger partial charge on any atom is -0.399 e. The molecule has 1 aromatic rings. The normalized spacial score (nSPS) is 16.9. The van der Waals surface area contributed by atoms with Crippen molar-refractivity contribution in [2.24, 2.45) is 0 Å². The van der Waals surface area contributed by atoms with E-state index in [0.717, 1.165) is 42.1 Å². The average molecular weight is 264 g/mol. The van der Waals surface area contributed by atoms with E-state index in [1.165, 1.54) is 0 Å². The summed E-state index contributed by atoms with van der Waals surface area (Å²) in [5, 5.41) is -0.0228. The molecular weight excluding hydrogens is 244 g/mol. The van der Waals surface area contributed by atoms with Crippen LogP contribution < -0.4 is 5.73 Å². The number of hydrogen-bond donors (Lipinski definition) is 1. The number of amides is 1. The van der Waals surface area contributed by atoms with Crippen LogP contribution in [0.5, 0.6) is 0 Å². The molecule has 1 amide bonds. The van der Waals surface area contributed by atoms with Gasteiger partial charge in [-0.05, 0) is 50.5 Å². The Labute approximate surface area is 113 Å². The van der Waals surface area contributed by atoms with E-state index in [1.54, 1.807) is 11.8 Å². The molecule has 1 unspecified atom stereocenters. The minimum atomic E-state index is -0.0228. The molecule has 1 aliphatic heterocycles. The SMILES string of the molecule is Cc1cc(N)ccc1SC(C)C(=O)N1CCCC1. The van der Waals surface area contributed by atoms with Crippen LogP contribution in [-0.2, 0) is 4.79 Å². The van der Waals surface area contributed by atoms with Gasteiger partial charge in [0.15, 0.2) is 0 Å². The highest BCUT2D eigenvalue weighted by atomic mass is 32.2. The van der Waals surface area contributed by atoms with Crippen LogP contribution in [0.3, 0.4) is 0 Å². The van der Waals surface area contributed by atoms with Gasteiger partial charge in [-0.25, -0.2) is 0 Å². The van der Waals surface area contributed by atoms with Gasteiger partial charge in [0.2, 0.25) is 5.91 Å². The smallest absolute Gasteiger partial charge is 0.235 e. The molecule has 0 aromatic heterocycles. The number of nitrogens with two attached hydrogens (primary N) is 1. The van der Waals surface area contributed by atoms with Gasteiger partial charge in [-0.2, -0.15) is 0 Å². The number of aryl methyl sites for hydroxylation is 1. The number of thioether (sulfide) groups is 1. The summed E-state index contributed by atoms with van der Waals surface area (Å²) in [6.45, 7) is 5.86. The Kier molecular flexibility index (Phi) is 4.17. The number of carbonyl (C=O) groups is 1. The number of likely N-dealkylation sites (tertiary alicyclic amines) is 1. The molecular formula is C14H20N2OS.